The highest BCUT2D eigenvalue weighted by molar-refractivity contribution is 9.10. The number of hydrogen-bond acceptors (Lipinski definition) is 3. The summed E-state index contributed by atoms with van der Waals surface area (Å²) in [6, 6.07) is 5.28. The molecule has 0 radical (unpaired) electrons. The molecule has 2 N–H and O–H groups in total. The first-order valence-electron chi connectivity index (χ1n) is 6.32. The maximum absolute atomic E-state index is 12.5. The second kappa shape index (κ2) is 7.59. The predicted octanol–water partition coefficient (Wildman–Crippen LogP) is 2.84. The Bertz CT molecular complexity index is 508. The summed E-state index contributed by atoms with van der Waals surface area (Å²) in [5.74, 6) is 0.649. The van der Waals surface area contributed by atoms with Crippen LogP contribution in [0.1, 0.15) is 24.2 Å². The molecule has 0 spiro atoms. The Kier molecular flexibility index (Phi) is 6.42. The SMILES string of the molecule is CCN(CC(C)C(N)=S)C(=O)c1ccc(OC)c(Br)c1. The highest BCUT2D eigenvalue weighted by atomic mass is 79.9. The van der Waals surface area contributed by atoms with E-state index in [9.17, 15) is 4.79 Å². The minimum Gasteiger partial charge on any atom is -0.496 e. The first-order valence-corrected chi connectivity index (χ1v) is 7.53. The van der Waals surface area contributed by atoms with Crippen molar-refractivity contribution in [1.29, 1.82) is 0 Å². The third-order valence-electron chi connectivity index (χ3n) is 3.05. The summed E-state index contributed by atoms with van der Waals surface area (Å²) in [5.41, 5.74) is 6.22. The van der Waals surface area contributed by atoms with Crippen molar-refractivity contribution in [2.45, 2.75) is 13.8 Å². The van der Waals surface area contributed by atoms with Crippen LogP contribution < -0.4 is 10.5 Å². The summed E-state index contributed by atoms with van der Waals surface area (Å²) in [7, 11) is 1.59. The number of hydrogen-bond donors (Lipinski definition) is 1. The molecule has 0 saturated heterocycles. The molecule has 1 rings (SSSR count). The topological polar surface area (TPSA) is 55.6 Å². The molecule has 0 aromatic heterocycles. The first kappa shape index (κ1) is 16.9. The molecule has 0 heterocycles. The average Bonchev–Trinajstić information content (AvgIpc) is 2.43. The number of nitrogens with two attached hydrogens (primary N) is 1. The van der Waals surface area contributed by atoms with Crippen LogP contribution in [0.4, 0.5) is 0 Å². The molecule has 0 aliphatic carbocycles. The van der Waals surface area contributed by atoms with E-state index in [0.717, 1.165) is 4.47 Å². The largest absolute Gasteiger partial charge is 0.496 e. The fourth-order valence-corrected chi connectivity index (χ4v) is 2.37. The molecule has 1 amide bonds. The van der Waals surface area contributed by atoms with Crippen LogP contribution in [-0.2, 0) is 0 Å². The Balaban J connectivity index is 2.91. The fourth-order valence-electron chi connectivity index (χ4n) is 1.76. The summed E-state index contributed by atoms with van der Waals surface area (Å²) in [4.78, 5) is 14.6. The lowest BCUT2D eigenvalue weighted by molar-refractivity contribution is 0.0755. The van der Waals surface area contributed by atoms with Gasteiger partial charge in [0.2, 0.25) is 0 Å². The molecule has 1 unspecified atom stereocenters. The fraction of sp³-hybridized carbons (Fsp3) is 0.429. The molecule has 0 fully saturated rings. The Morgan fingerprint density at radius 2 is 2.20 bits per heavy atom. The van der Waals surface area contributed by atoms with Crippen molar-refractivity contribution in [2.24, 2.45) is 11.7 Å². The van der Waals surface area contributed by atoms with Crippen molar-refractivity contribution in [1.82, 2.24) is 4.90 Å². The van der Waals surface area contributed by atoms with Gasteiger partial charge in [0.05, 0.1) is 16.6 Å². The van der Waals surface area contributed by atoms with Gasteiger partial charge in [-0.15, -0.1) is 0 Å². The number of amides is 1. The minimum atomic E-state index is -0.0426. The molecule has 6 heteroatoms. The monoisotopic (exact) mass is 358 g/mol. The number of thiocarbonyl (C=S) groups is 1. The molecule has 110 valence electrons. The summed E-state index contributed by atoms with van der Waals surface area (Å²) < 4.78 is 5.91. The Morgan fingerprint density at radius 3 is 2.65 bits per heavy atom. The van der Waals surface area contributed by atoms with Crippen LogP contribution in [0.15, 0.2) is 22.7 Å². The van der Waals surface area contributed by atoms with E-state index >= 15 is 0 Å². The van der Waals surface area contributed by atoms with Crippen LogP contribution >= 0.6 is 28.1 Å². The van der Waals surface area contributed by atoms with Crippen LogP contribution in [0.25, 0.3) is 0 Å². The number of benzene rings is 1. The third-order valence-corrected chi connectivity index (χ3v) is 4.07. The van der Waals surface area contributed by atoms with Gasteiger partial charge in [-0.25, -0.2) is 0 Å². The molecule has 0 aliphatic heterocycles. The van der Waals surface area contributed by atoms with Crippen LogP contribution in [-0.4, -0.2) is 36.0 Å². The van der Waals surface area contributed by atoms with Gasteiger partial charge in [-0.1, -0.05) is 19.1 Å². The van der Waals surface area contributed by atoms with Crippen molar-refractivity contribution >= 4 is 39.0 Å². The van der Waals surface area contributed by atoms with Crippen molar-refractivity contribution in [3.63, 3.8) is 0 Å². The summed E-state index contributed by atoms with van der Waals surface area (Å²) in [5, 5.41) is 0. The van der Waals surface area contributed by atoms with E-state index in [-0.39, 0.29) is 11.8 Å². The van der Waals surface area contributed by atoms with Crippen LogP contribution in [0.2, 0.25) is 0 Å². The zero-order valence-electron chi connectivity index (χ0n) is 11.9. The van der Waals surface area contributed by atoms with Gasteiger partial charge in [0.25, 0.3) is 5.91 Å². The van der Waals surface area contributed by atoms with Gasteiger partial charge >= 0.3 is 0 Å². The second-order valence-corrected chi connectivity index (χ2v) is 5.82. The summed E-state index contributed by atoms with van der Waals surface area (Å²) in [6.45, 7) is 4.98. The standard InChI is InChI=1S/C14H19BrN2O2S/c1-4-17(8-9(2)13(16)20)14(18)10-5-6-12(19-3)11(15)7-10/h5-7,9H,4,8H2,1-3H3,(H2,16,20). The van der Waals surface area contributed by atoms with Gasteiger partial charge in [-0.2, -0.15) is 0 Å². The zero-order chi connectivity index (χ0) is 15.3. The van der Waals surface area contributed by atoms with E-state index in [1.165, 1.54) is 0 Å². The number of rotatable bonds is 6. The van der Waals surface area contributed by atoms with E-state index < -0.39 is 0 Å². The molecular formula is C14H19BrN2O2S. The Labute approximate surface area is 133 Å². The zero-order valence-corrected chi connectivity index (χ0v) is 14.3. The molecule has 1 aromatic carbocycles. The molecule has 4 nitrogen and oxygen atoms in total. The molecule has 1 aromatic rings. The van der Waals surface area contributed by atoms with Gasteiger partial charge in [-0.3, -0.25) is 4.79 Å². The van der Waals surface area contributed by atoms with E-state index in [0.29, 0.717) is 29.4 Å². The molecule has 0 aliphatic rings. The first-order chi connectivity index (χ1) is 9.40. The number of carbonyl (C=O) groups is 1. The highest BCUT2D eigenvalue weighted by Gasteiger charge is 2.18. The van der Waals surface area contributed by atoms with Crippen LogP contribution in [0.5, 0.6) is 5.75 Å². The Morgan fingerprint density at radius 1 is 1.55 bits per heavy atom. The van der Waals surface area contributed by atoms with Gasteiger partial charge in [-0.05, 0) is 41.1 Å². The van der Waals surface area contributed by atoms with Gasteiger partial charge in [0.15, 0.2) is 0 Å². The molecule has 0 bridgehead atoms. The van der Waals surface area contributed by atoms with Crippen molar-refractivity contribution in [2.75, 3.05) is 20.2 Å². The molecular weight excluding hydrogens is 340 g/mol. The van der Waals surface area contributed by atoms with Crippen molar-refractivity contribution in [3.05, 3.63) is 28.2 Å². The second-order valence-electron chi connectivity index (χ2n) is 4.50. The lowest BCUT2D eigenvalue weighted by atomic mass is 10.1. The summed E-state index contributed by atoms with van der Waals surface area (Å²) in [6.07, 6.45) is 0. The van der Waals surface area contributed by atoms with Crippen LogP contribution in [0, 0.1) is 5.92 Å². The third kappa shape index (κ3) is 4.18. The normalized spacial score (nSPS) is 11.8. The number of nitrogens with zero attached hydrogens (tertiary/aromatic N) is 1. The quantitative estimate of drug-likeness (QED) is 0.794. The number of carbonyl (C=O) groups excluding carboxylic acids is 1. The summed E-state index contributed by atoms with van der Waals surface area (Å²) >= 11 is 8.34. The van der Waals surface area contributed by atoms with Gasteiger partial charge in [0.1, 0.15) is 5.75 Å². The number of ether oxygens (including phenoxy) is 1. The molecule has 0 saturated carbocycles. The van der Waals surface area contributed by atoms with E-state index in [1.54, 1.807) is 30.2 Å². The maximum atomic E-state index is 12.5. The number of methoxy groups -OCH3 is 1. The van der Waals surface area contributed by atoms with E-state index in [1.807, 2.05) is 13.8 Å². The van der Waals surface area contributed by atoms with Crippen molar-refractivity contribution < 1.29 is 9.53 Å². The Hall–Kier alpha value is -1.14. The van der Waals surface area contributed by atoms with E-state index in [4.69, 9.17) is 22.7 Å². The van der Waals surface area contributed by atoms with Gasteiger partial charge in [0, 0.05) is 24.6 Å². The average molecular weight is 359 g/mol. The van der Waals surface area contributed by atoms with E-state index in [2.05, 4.69) is 15.9 Å². The molecule has 1 atom stereocenters. The highest BCUT2D eigenvalue weighted by Crippen LogP contribution is 2.26. The maximum Gasteiger partial charge on any atom is 0.253 e. The lowest BCUT2D eigenvalue weighted by Crippen LogP contribution is -2.38. The van der Waals surface area contributed by atoms with Crippen molar-refractivity contribution in [3.8, 4) is 5.75 Å². The smallest absolute Gasteiger partial charge is 0.253 e. The van der Waals surface area contributed by atoms with Gasteiger partial charge < -0.3 is 15.4 Å². The lowest BCUT2D eigenvalue weighted by Gasteiger charge is -2.24. The minimum absolute atomic E-state index is 0.00408. The van der Waals surface area contributed by atoms with Crippen LogP contribution in [0.3, 0.4) is 0 Å². The number of halogens is 1. The predicted molar refractivity (Wildman–Crippen MR) is 88.2 cm³/mol. The molecule has 20 heavy (non-hydrogen) atoms.